The van der Waals surface area contributed by atoms with Crippen molar-refractivity contribution < 1.29 is 37.1 Å². The van der Waals surface area contributed by atoms with Gasteiger partial charge in [0.05, 0.1) is 36.0 Å². The molecule has 0 spiro atoms. The summed E-state index contributed by atoms with van der Waals surface area (Å²) in [6.45, 7) is 11.0. The zero-order chi connectivity index (χ0) is 41.2. The zero-order valence-corrected chi connectivity index (χ0v) is 33.4. The first-order valence-electron chi connectivity index (χ1n) is 19.5. The lowest BCUT2D eigenvalue weighted by Crippen LogP contribution is -2.58. The number of halogens is 3. The Hall–Kier alpha value is -4.50. The first kappa shape index (κ1) is 42.1. The lowest BCUT2D eigenvalue weighted by molar-refractivity contribution is -0.138. The second kappa shape index (κ2) is 17.2. The van der Waals surface area contributed by atoms with Gasteiger partial charge < -0.3 is 19.9 Å². The van der Waals surface area contributed by atoms with Crippen molar-refractivity contribution in [2.45, 2.75) is 115 Å². The fourth-order valence-electron chi connectivity index (χ4n) is 8.68. The van der Waals surface area contributed by atoms with Gasteiger partial charge in [0.15, 0.2) is 10.8 Å². The van der Waals surface area contributed by atoms with Crippen LogP contribution in [0.3, 0.4) is 0 Å². The van der Waals surface area contributed by atoms with Crippen LogP contribution in [0.4, 0.5) is 24.5 Å². The Labute approximate surface area is 335 Å². The number of benzene rings is 1. The average Bonchev–Trinajstić information content (AvgIpc) is 3.33. The number of alkyl halides is 3. The third kappa shape index (κ3) is 9.30. The largest absolute Gasteiger partial charge is 0.419 e. The van der Waals surface area contributed by atoms with Crippen LogP contribution in [0, 0.1) is 11.3 Å². The lowest BCUT2D eigenvalue weighted by Gasteiger charge is -2.44. The number of pyridine rings is 1. The van der Waals surface area contributed by atoms with E-state index >= 15 is 0 Å². The predicted molar refractivity (Wildman–Crippen MR) is 209 cm³/mol. The van der Waals surface area contributed by atoms with Gasteiger partial charge in [-0.3, -0.25) is 34.3 Å². The van der Waals surface area contributed by atoms with Gasteiger partial charge in [-0.05, 0) is 102 Å². The number of rotatable bonds is 11. The highest BCUT2D eigenvalue weighted by Crippen LogP contribution is 2.40. The molecule has 2 aromatic rings. The molecule has 6 rings (SSSR count). The number of imide groups is 1. The first-order valence-corrected chi connectivity index (χ1v) is 19.9. The SMILES string of the molecule is C[C@@H]1CN(CCCO[C@H]2CC[C@H](N3C(=S)N(c4cnc(C#N)c(C(F)(F)F)c4)C(=O)C3(C)C)CC2)C[C@H](C)N1CC(=O)Nc1ccc(C2CCC(=O)NC2=O)cc1. The van der Waals surface area contributed by atoms with E-state index in [-0.39, 0.29) is 65.2 Å². The molecule has 57 heavy (non-hydrogen) atoms. The number of hydrogen-bond donors (Lipinski definition) is 2. The minimum absolute atomic E-state index is 0.0475. The number of piperazine rings is 1. The highest BCUT2D eigenvalue weighted by molar-refractivity contribution is 7.80. The quantitative estimate of drug-likeness (QED) is 0.180. The Morgan fingerprint density at radius 3 is 2.35 bits per heavy atom. The topological polar surface area (TPSA) is 151 Å². The van der Waals surface area contributed by atoms with Crippen molar-refractivity contribution >= 4 is 52.3 Å². The Morgan fingerprint density at radius 1 is 1.07 bits per heavy atom. The molecule has 3 saturated heterocycles. The van der Waals surface area contributed by atoms with Gasteiger partial charge in [0.25, 0.3) is 5.91 Å². The molecule has 1 aliphatic carbocycles. The van der Waals surface area contributed by atoms with E-state index in [1.54, 1.807) is 26.0 Å². The van der Waals surface area contributed by atoms with Crippen LogP contribution in [0.2, 0.25) is 0 Å². The van der Waals surface area contributed by atoms with Gasteiger partial charge >= 0.3 is 6.18 Å². The third-order valence-corrected chi connectivity index (χ3v) is 12.0. The second-order valence-electron chi connectivity index (χ2n) is 16.0. The number of ether oxygens (including phenoxy) is 1. The summed E-state index contributed by atoms with van der Waals surface area (Å²) in [6, 6.07) is 9.66. The maximum absolute atomic E-state index is 13.7. The van der Waals surface area contributed by atoms with Crippen molar-refractivity contribution in [3.05, 3.63) is 53.3 Å². The standard InChI is InChI=1S/C40H49F3N8O5S/c1-24-21-48(22-25(2)49(24)23-35(53)46-27-8-6-26(7-9-27)31-14-15-34(52)47-36(31)54)16-5-17-56-30-12-10-28(11-13-30)51-38(57)50(37(55)39(51,3)4)29-18-32(40(41,42)43)33(19-44)45-20-29/h6-9,18,20,24-25,28,30-31H,5,10-17,21-23H2,1-4H3,(H,46,53)(H,47,52,54)/t24-,25+,28-,30-,31?. The highest BCUT2D eigenvalue weighted by Gasteiger charge is 2.53. The molecule has 306 valence electrons. The number of nitriles is 1. The van der Waals surface area contributed by atoms with Crippen molar-refractivity contribution in [1.29, 1.82) is 5.26 Å². The van der Waals surface area contributed by atoms with E-state index in [1.807, 2.05) is 17.0 Å². The number of piperidine rings is 1. The van der Waals surface area contributed by atoms with Gasteiger partial charge in [0, 0.05) is 56.5 Å². The number of hydrogen-bond acceptors (Lipinski definition) is 10. The van der Waals surface area contributed by atoms with E-state index in [9.17, 15) is 32.3 Å². The van der Waals surface area contributed by atoms with Crippen LogP contribution in [0.1, 0.15) is 95.4 Å². The van der Waals surface area contributed by atoms with Gasteiger partial charge in [0.2, 0.25) is 17.7 Å². The monoisotopic (exact) mass is 810 g/mol. The number of nitrogens with zero attached hydrogens (tertiary/aromatic N) is 6. The van der Waals surface area contributed by atoms with Crippen molar-refractivity contribution in [1.82, 2.24) is 25.0 Å². The van der Waals surface area contributed by atoms with Gasteiger partial charge in [0.1, 0.15) is 11.6 Å². The Balaban J connectivity index is 0.918. The molecule has 3 atom stereocenters. The van der Waals surface area contributed by atoms with E-state index in [2.05, 4.69) is 39.3 Å². The smallest absolute Gasteiger partial charge is 0.378 e. The predicted octanol–water partition coefficient (Wildman–Crippen LogP) is 4.96. The summed E-state index contributed by atoms with van der Waals surface area (Å²) in [4.78, 5) is 61.5. The summed E-state index contributed by atoms with van der Waals surface area (Å²) in [5.41, 5.74) is -1.72. The van der Waals surface area contributed by atoms with Crippen LogP contribution in [0.5, 0.6) is 0 Å². The lowest BCUT2D eigenvalue weighted by atomic mass is 9.89. The summed E-state index contributed by atoms with van der Waals surface area (Å²) < 4.78 is 47.3. The molecule has 13 nitrogen and oxygen atoms in total. The van der Waals surface area contributed by atoms with Crippen LogP contribution < -0.4 is 15.5 Å². The number of aromatic nitrogens is 1. The Morgan fingerprint density at radius 2 is 1.74 bits per heavy atom. The molecule has 1 saturated carbocycles. The van der Waals surface area contributed by atoms with Gasteiger partial charge in [-0.2, -0.15) is 18.4 Å². The van der Waals surface area contributed by atoms with E-state index in [4.69, 9.17) is 22.2 Å². The van der Waals surface area contributed by atoms with Gasteiger partial charge in [-0.15, -0.1) is 0 Å². The number of amides is 4. The van der Waals surface area contributed by atoms with Gasteiger partial charge in [-0.25, -0.2) is 4.98 Å². The maximum atomic E-state index is 13.7. The van der Waals surface area contributed by atoms with E-state index < -0.39 is 28.9 Å². The molecule has 2 N–H and O–H groups in total. The van der Waals surface area contributed by atoms with E-state index in [0.717, 1.165) is 61.6 Å². The molecule has 17 heteroatoms. The molecule has 1 aromatic heterocycles. The maximum Gasteiger partial charge on any atom is 0.419 e. The fourth-order valence-corrected chi connectivity index (χ4v) is 9.24. The molecule has 4 amide bonds. The first-order chi connectivity index (χ1) is 27.0. The molecular formula is C40H49F3N8O5S. The summed E-state index contributed by atoms with van der Waals surface area (Å²) in [5.74, 6) is -1.48. The number of anilines is 2. The summed E-state index contributed by atoms with van der Waals surface area (Å²) in [5, 5.41) is 14.6. The third-order valence-electron chi connectivity index (χ3n) is 11.6. The molecule has 4 heterocycles. The van der Waals surface area contributed by atoms with Crippen molar-refractivity contribution in [2.75, 3.05) is 43.0 Å². The van der Waals surface area contributed by atoms with Crippen molar-refractivity contribution in [3.8, 4) is 6.07 Å². The molecule has 1 aromatic carbocycles. The van der Waals surface area contributed by atoms with Gasteiger partial charge in [-0.1, -0.05) is 12.1 Å². The van der Waals surface area contributed by atoms with Crippen LogP contribution in [-0.2, 0) is 30.1 Å². The van der Waals surface area contributed by atoms with Crippen LogP contribution >= 0.6 is 12.2 Å². The summed E-state index contributed by atoms with van der Waals surface area (Å²) >= 11 is 5.71. The van der Waals surface area contributed by atoms with Crippen molar-refractivity contribution in [3.63, 3.8) is 0 Å². The number of carbonyl (C=O) groups excluding carboxylic acids is 4. The van der Waals surface area contributed by atoms with Crippen LogP contribution in [0.15, 0.2) is 36.5 Å². The molecule has 0 bridgehead atoms. The Kier molecular flexibility index (Phi) is 12.7. The van der Waals surface area contributed by atoms with Crippen molar-refractivity contribution in [2.24, 2.45) is 0 Å². The highest BCUT2D eigenvalue weighted by atomic mass is 32.1. The molecule has 3 aliphatic heterocycles. The van der Waals surface area contributed by atoms with Crippen LogP contribution in [0.25, 0.3) is 0 Å². The van der Waals surface area contributed by atoms with E-state index in [0.29, 0.717) is 38.0 Å². The minimum Gasteiger partial charge on any atom is -0.378 e. The molecule has 4 fully saturated rings. The molecule has 4 aliphatic rings. The second-order valence-corrected chi connectivity index (χ2v) is 16.4. The normalized spacial score (nSPS) is 26.0. The molecule has 0 radical (unpaired) electrons. The molecular weight excluding hydrogens is 762 g/mol. The molecule has 1 unspecified atom stereocenters. The summed E-state index contributed by atoms with van der Waals surface area (Å²) in [7, 11) is 0. The Bertz CT molecular complexity index is 1900. The number of carbonyl (C=O) groups is 4. The fraction of sp³-hybridized carbons (Fsp3) is 0.575. The minimum atomic E-state index is -4.82. The number of nitrogens with one attached hydrogen (secondary N) is 2. The van der Waals surface area contributed by atoms with E-state index in [1.165, 1.54) is 6.07 Å². The summed E-state index contributed by atoms with van der Waals surface area (Å²) in [6.07, 6.45) is 0.845. The van der Waals surface area contributed by atoms with Crippen LogP contribution in [-0.4, -0.2) is 111 Å². The zero-order valence-electron chi connectivity index (χ0n) is 32.6. The number of thiocarbonyl (C=S) groups is 1. The average molecular weight is 811 g/mol.